The molecule has 1 heterocycles. The number of hydrogen-bond acceptors (Lipinski definition) is 3. The molecule has 0 unspecified atom stereocenters. The Morgan fingerprint density at radius 1 is 1.29 bits per heavy atom. The molecule has 118 valence electrons. The molecule has 0 atom stereocenters. The van der Waals surface area contributed by atoms with Crippen LogP contribution in [0.1, 0.15) is 12.8 Å². The summed E-state index contributed by atoms with van der Waals surface area (Å²) in [5, 5.41) is 4.30. The van der Waals surface area contributed by atoms with Crippen LogP contribution in [0.15, 0.2) is 18.2 Å². The van der Waals surface area contributed by atoms with Crippen molar-refractivity contribution in [3.05, 3.63) is 28.2 Å². The van der Waals surface area contributed by atoms with E-state index in [1.165, 1.54) is 0 Å². The van der Waals surface area contributed by atoms with Gasteiger partial charge in [0.1, 0.15) is 5.75 Å². The maximum absolute atomic E-state index is 11.9. The van der Waals surface area contributed by atoms with E-state index >= 15 is 0 Å². The average molecular weight is 354 g/mol. The Balaban J connectivity index is 0.00000220. The van der Waals surface area contributed by atoms with Crippen LogP contribution in [0.4, 0.5) is 0 Å². The number of hydrogen-bond donors (Lipinski definition) is 1. The molecule has 0 saturated carbocycles. The minimum atomic E-state index is 0. The lowest BCUT2D eigenvalue weighted by Crippen LogP contribution is -2.46. The summed E-state index contributed by atoms with van der Waals surface area (Å²) in [6, 6.07) is 5.11. The fourth-order valence-electron chi connectivity index (χ4n) is 2.07. The van der Waals surface area contributed by atoms with Gasteiger partial charge in [-0.2, -0.15) is 0 Å². The first-order valence-corrected chi connectivity index (χ1v) is 7.49. The molecule has 0 aliphatic carbocycles. The number of ether oxygens (including phenoxy) is 1. The van der Waals surface area contributed by atoms with Crippen LogP contribution in [-0.2, 0) is 4.79 Å². The third-order valence-electron chi connectivity index (χ3n) is 3.16. The summed E-state index contributed by atoms with van der Waals surface area (Å²) < 4.78 is 5.56. The van der Waals surface area contributed by atoms with Crippen molar-refractivity contribution in [2.24, 2.45) is 0 Å². The second-order valence-corrected chi connectivity index (χ2v) is 5.50. The van der Waals surface area contributed by atoms with Gasteiger partial charge in [0, 0.05) is 37.6 Å². The fraction of sp³-hybridized carbons (Fsp3) is 0.500. The van der Waals surface area contributed by atoms with Gasteiger partial charge in [-0.15, -0.1) is 12.4 Å². The van der Waals surface area contributed by atoms with E-state index < -0.39 is 0 Å². The number of nitrogens with zero attached hydrogens (tertiary/aromatic N) is 1. The van der Waals surface area contributed by atoms with Crippen LogP contribution in [0.3, 0.4) is 0 Å². The van der Waals surface area contributed by atoms with Crippen molar-refractivity contribution in [2.45, 2.75) is 12.8 Å². The Bertz CT molecular complexity index is 466. The van der Waals surface area contributed by atoms with Crippen LogP contribution in [0.2, 0.25) is 10.0 Å². The molecule has 1 aromatic carbocycles. The van der Waals surface area contributed by atoms with Crippen molar-refractivity contribution in [3.63, 3.8) is 0 Å². The van der Waals surface area contributed by atoms with Crippen LogP contribution in [0.25, 0.3) is 0 Å². The van der Waals surface area contributed by atoms with Crippen molar-refractivity contribution in [1.29, 1.82) is 0 Å². The first-order valence-electron chi connectivity index (χ1n) is 6.73. The molecule has 1 saturated heterocycles. The van der Waals surface area contributed by atoms with E-state index in [2.05, 4.69) is 5.32 Å². The van der Waals surface area contributed by atoms with E-state index in [9.17, 15) is 4.79 Å². The first-order chi connectivity index (χ1) is 9.66. The van der Waals surface area contributed by atoms with E-state index in [1.807, 2.05) is 4.90 Å². The summed E-state index contributed by atoms with van der Waals surface area (Å²) in [6.45, 7) is 3.82. The minimum absolute atomic E-state index is 0. The average Bonchev–Trinajstić information content (AvgIpc) is 2.46. The van der Waals surface area contributed by atoms with Crippen LogP contribution in [0.5, 0.6) is 5.75 Å². The van der Waals surface area contributed by atoms with Crippen LogP contribution in [-0.4, -0.2) is 43.6 Å². The Morgan fingerprint density at radius 3 is 2.67 bits per heavy atom. The predicted octanol–water partition coefficient (Wildman–Crippen LogP) is 3.01. The monoisotopic (exact) mass is 352 g/mol. The lowest BCUT2D eigenvalue weighted by atomic mass is 10.2. The number of benzene rings is 1. The molecular formula is C14H19Cl3N2O2. The van der Waals surface area contributed by atoms with Gasteiger partial charge in [-0.3, -0.25) is 4.79 Å². The molecule has 1 N–H and O–H groups in total. The summed E-state index contributed by atoms with van der Waals surface area (Å²) in [4.78, 5) is 13.8. The number of piperazine rings is 1. The second-order valence-electron chi connectivity index (χ2n) is 4.66. The smallest absolute Gasteiger partial charge is 0.222 e. The number of carbonyl (C=O) groups is 1. The molecule has 1 aliphatic heterocycles. The number of rotatable bonds is 5. The third-order valence-corrected chi connectivity index (χ3v) is 3.69. The topological polar surface area (TPSA) is 41.6 Å². The van der Waals surface area contributed by atoms with Gasteiger partial charge >= 0.3 is 0 Å². The zero-order valence-electron chi connectivity index (χ0n) is 11.6. The van der Waals surface area contributed by atoms with Crippen molar-refractivity contribution >= 4 is 41.5 Å². The van der Waals surface area contributed by atoms with Crippen molar-refractivity contribution in [1.82, 2.24) is 10.2 Å². The highest BCUT2D eigenvalue weighted by Crippen LogP contribution is 2.27. The lowest BCUT2D eigenvalue weighted by Gasteiger charge is -2.27. The molecule has 7 heteroatoms. The molecule has 1 aromatic rings. The summed E-state index contributed by atoms with van der Waals surface area (Å²) in [5.74, 6) is 0.794. The maximum atomic E-state index is 11.9. The number of halogens is 3. The van der Waals surface area contributed by atoms with Crippen LogP contribution in [0, 0.1) is 0 Å². The molecule has 0 spiro atoms. The molecule has 0 radical (unpaired) electrons. The van der Waals surface area contributed by atoms with E-state index in [1.54, 1.807) is 18.2 Å². The summed E-state index contributed by atoms with van der Waals surface area (Å²) in [6.07, 6.45) is 1.19. The van der Waals surface area contributed by atoms with E-state index in [0.717, 1.165) is 26.2 Å². The fourth-order valence-corrected chi connectivity index (χ4v) is 2.53. The highest BCUT2D eigenvalue weighted by atomic mass is 35.5. The SMILES string of the molecule is Cl.O=C(CCCOc1ccc(Cl)cc1Cl)N1CCNCC1. The zero-order chi connectivity index (χ0) is 14.4. The lowest BCUT2D eigenvalue weighted by molar-refractivity contribution is -0.132. The second kappa shape index (κ2) is 9.36. The summed E-state index contributed by atoms with van der Waals surface area (Å²) in [7, 11) is 0. The van der Waals surface area contributed by atoms with Crippen molar-refractivity contribution in [3.8, 4) is 5.75 Å². The largest absolute Gasteiger partial charge is 0.492 e. The van der Waals surface area contributed by atoms with Gasteiger partial charge in [-0.05, 0) is 24.6 Å². The molecule has 2 rings (SSSR count). The normalized spacial score (nSPS) is 14.5. The van der Waals surface area contributed by atoms with Gasteiger partial charge in [-0.1, -0.05) is 23.2 Å². The standard InChI is InChI=1S/C14H18Cl2N2O2.ClH/c15-11-3-4-13(12(16)10-11)20-9-1-2-14(19)18-7-5-17-6-8-18;/h3-4,10,17H,1-2,5-9H2;1H. The number of carbonyl (C=O) groups excluding carboxylic acids is 1. The van der Waals surface area contributed by atoms with Gasteiger partial charge in [0.05, 0.1) is 11.6 Å². The molecule has 0 aromatic heterocycles. The van der Waals surface area contributed by atoms with Gasteiger partial charge < -0.3 is 15.0 Å². The van der Waals surface area contributed by atoms with Crippen LogP contribution >= 0.6 is 35.6 Å². The summed E-state index contributed by atoms with van der Waals surface area (Å²) in [5.41, 5.74) is 0. The molecule has 1 amide bonds. The van der Waals surface area contributed by atoms with E-state index in [0.29, 0.717) is 35.2 Å². The Hall–Kier alpha value is -0.680. The first kappa shape index (κ1) is 18.4. The van der Waals surface area contributed by atoms with Gasteiger partial charge in [0.15, 0.2) is 0 Å². The molecule has 21 heavy (non-hydrogen) atoms. The highest BCUT2D eigenvalue weighted by Gasteiger charge is 2.15. The molecule has 0 bridgehead atoms. The van der Waals surface area contributed by atoms with Crippen LogP contribution < -0.4 is 10.1 Å². The molecular weight excluding hydrogens is 335 g/mol. The summed E-state index contributed by atoms with van der Waals surface area (Å²) >= 11 is 11.8. The molecule has 4 nitrogen and oxygen atoms in total. The minimum Gasteiger partial charge on any atom is -0.492 e. The van der Waals surface area contributed by atoms with E-state index in [-0.39, 0.29) is 18.3 Å². The maximum Gasteiger partial charge on any atom is 0.222 e. The number of amides is 1. The van der Waals surface area contributed by atoms with Gasteiger partial charge in [0.2, 0.25) is 5.91 Å². The third kappa shape index (κ3) is 5.91. The molecule has 1 aliphatic rings. The molecule has 1 fully saturated rings. The van der Waals surface area contributed by atoms with Crippen molar-refractivity contribution < 1.29 is 9.53 Å². The predicted molar refractivity (Wildman–Crippen MR) is 87.9 cm³/mol. The Labute approximate surface area is 141 Å². The van der Waals surface area contributed by atoms with Gasteiger partial charge in [-0.25, -0.2) is 0 Å². The highest BCUT2D eigenvalue weighted by molar-refractivity contribution is 6.35. The van der Waals surface area contributed by atoms with Gasteiger partial charge in [0.25, 0.3) is 0 Å². The zero-order valence-corrected chi connectivity index (χ0v) is 13.9. The Morgan fingerprint density at radius 2 is 2.00 bits per heavy atom. The quantitative estimate of drug-likeness (QED) is 0.827. The number of nitrogens with one attached hydrogen (secondary N) is 1. The van der Waals surface area contributed by atoms with Crippen molar-refractivity contribution in [2.75, 3.05) is 32.8 Å². The Kier molecular flexibility index (Phi) is 8.19. The van der Waals surface area contributed by atoms with E-state index in [4.69, 9.17) is 27.9 Å².